The van der Waals surface area contributed by atoms with Crippen LogP contribution in [0.15, 0.2) is 28.9 Å². The third kappa shape index (κ3) is 4.42. The van der Waals surface area contributed by atoms with E-state index in [4.69, 9.17) is 9.51 Å². The summed E-state index contributed by atoms with van der Waals surface area (Å²) in [6.07, 6.45) is 1.44. The zero-order valence-corrected chi connectivity index (χ0v) is 19.8. The fraction of sp³-hybridized carbons (Fsp3) is 0.440. The number of nitrogens with zero attached hydrogens (tertiary/aromatic N) is 4. The van der Waals surface area contributed by atoms with Gasteiger partial charge in [0.25, 0.3) is 0 Å². The van der Waals surface area contributed by atoms with Crippen molar-refractivity contribution in [2.45, 2.75) is 64.7 Å². The van der Waals surface area contributed by atoms with Gasteiger partial charge in [0.2, 0.25) is 5.95 Å². The van der Waals surface area contributed by atoms with Gasteiger partial charge in [0.15, 0.2) is 0 Å². The lowest BCUT2D eigenvalue weighted by Gasteiger charge is -2.22. The van der Waals surface area contributed by atoms with Gasteiger partial charge in [-0.25, -0.2) is 9.97 Å². The molecule has 7 nitrogen and oxygen atoms in total. The van der Waals surface area contributed by atoms with E-state index in [1.54, 1.807) is 18.2 Å². The number of aromatic nitrogens is 4. The first-order chi connectivity index (χ1) is 16.8. The highest BCUT2D eigenvalue weighted by Crippen LogP contribution is 2.40. The summed E-state index contributed by atoms with van der Waals surface area (Å²) in [6, 6.07) is 3.91. The Labute approximate surface area is 201 Å². The number of hydrogen-bond donors (Lipinski definition) is 2. The summed E-state index contributed by atoms with van der Waals surface area (Å²) in [6.45, 7) is 6.51. The molecule has 0 bridgehead atoms. The molecule has 2 atom stereocenters. The average Bonchev–Trinajstić information content (AvgIpc) is 3.52. The fourth-order valence-corrected chi connectivity index (χ4v) is 5.09. The standard InChI is InChI=1S/C25H27F3N6O/c1-4-29-19-6-5-7-20(19)32-24-30-12-17(25(26,27)28)23(33-24)16-9-10-18-15(16)8-11-21(31-18)22-13(2)34-35-14(22)3/h8-9,11-12,19-20,29H,4-7,10H2,1-3H3,(H,30,32,33)/t19-,20-/m0/s1. The quantitative estimate of drug-likeness (QED) is 0.504. The number of pyridine rings is 1. The Kier molecular flexibility index (Phi) is 6.08. The van der Waals surface area contributed by atoms with E-state index in [-0.39, 0.29) is 23.7 Å². The lowest BCUT2D eigenvalue weighted by atomic mass is 10.0. The lowest BCUT2D eigenvalue weighted by molar-refractivity contribution is -0.138. The normalized spacial score (nSPS) is 19.7. The van der Waals surface area contributed by atoms with E-state index in [1.807, 2.05) is 20.8 Å². The van der Waals surface area contributed by atoms with E-state index in [1.165, 1.54) is 0 Å². The second kappa shape index (κ2) is 9.07. The van der Waals surface area contributed by atoms with Crippen molar-refractivity contribution in [1.29, 1.82) is 0 Å². The van der Waals surface area contributed by atoms with Gasteiger partial charge in [0.05, 0.1) is 28.3 Å². The highest BCUT2D eigenvalue weighted by molar-refractivity contribution is 5.85. The Bertz CT molecular complexity index is 1260. The molecule has 184 valence electrons. The van der Waals surface area contributed by atoms with Gasteiger partial charge >= 0.3 is 6.18 Å². The van der Waals surface area contributed by atoms with E-state index < -0.39 is 11.7 Å². The van der Waals surface area contributed by atoms with Crippen LogP contribution in [0.1, 0.15) is 60.2 Å². The van der Waals surface area contributed by atoms with E-state index >= 15 is 0 Å². The summed E-state index contributed by atoms with van der Waals surface area (Å²) in [5, 5.41) is 10.7. The maximum Gasteiger partial charge on any atom is 0.419 e. The van der Waals surface area contributed by atoms with Crippen LogP contribution in [0.3, 0.4) is 0 Å². The molecule has 1 saturated carbocycles. The highest BCUT2D eigenvalue weighted by atomic mass is 19.4. The Balaban J connectivity index is 1.50. The lowest BCUT2D eigenvalue weighted by Crippen LogP contribution is -2.40. The third-order valence-corrected chi connectivity index (χ3v) is 6.70. The van der Waals surface area contributed by atoms with E-state index in [0.29, 0.717) is 34.7 Å². The van der Waals surface area contributed by atoms with Crippen LogP contribution in [0.5, 0.6) is 0 Å². The second-order valence-corrected chi connectivity index (χ2v) is 9.01. The van der Waals surface area contributed by atoms with Crippen LogP contribution in [-0.2, 0) is 12.6 Å². The van der Waals surface area contributed by atoms with Crippen LogP contribution < -0.4 is 10.6 Å². The zero-order chi connectivity index (χ0) is 24.7. The van der Waals surface area contributed by atoms with Crippen molar-refractivity contribution in [2.75, 3.05) is 11.9 Å². The van der Waals surface area contributed by atoms with Gasteiger partial charge in [-0.3, -0.25) is 4.98 Å². The van der Waals surface area contributed by atoms with Crippen LogP contribution >= 0.6 is 0 Å². The number of nitrogens with one attached hydrogen (secondary N) is 2. The minimum absolute atomic E-state index is 0.0728. The number of rotatable bonds is 6. The van der Waals surface area contributed by atoms with Gasteiger partial charge < -0.3 is 15.2 Å². The van der Waals surface area contributed by atoms with Gasteiger partial charge in [-0.1, -0.05) is 24.2 Å². The highest BCUT2D eigenvalue weighted by Gasteiger charge is 2.38. The summed E-state index contributed by atoms with van der Waals surface area (Å²) in [5.41, 5.74) is 2.98. The first-order valence-electron chi connectivity index (χ1n) is 11.8. The van der Waals surface area contributed by atoms with E-state index in [9.17, 15) is 13.2 Å². The van der Waals surface area contributed by atoms with Crippen molar-refractivity contribution in [3.8, 4) is 11.3 Å². The van der Waals surface area contributed by atoms with Crippen LogP contribution in [0.4, 0.5) is 19.1 Å². The fourth-order valence-electron chi connectivity index (χ4n) is 5.09. The molecule has 0 spiro atoms. The first kappa shape index (κ1) is 23.5. The molecule has 0 radical (unpaired) electrons. The van der Waals surface area contributed by atoms with Gasteiger partial charge in [0, 0.05) is 35.8 Å². The third-order valence-electron chi connectivity index (χ3n) is 6.70. The first-order valence-corrected chi connectivity index (χ1v) is 11.8. The molecular weight excluding hydrogens is 457 g/mol. The molecule has 2 N–H and O–H groups in total. The SMILES string of the molecule is CCN[C@H]1CCC[C@@H]1Nc1ncc(C(F)(F)F)c(C2=CCc3nc(-c4c(C)noc4C)ccc32)n1. The molecule has 10 heteroatoms. The largest absolute Gasteiger partial charge is 0.419 e. The van der Waals surface area contributed by atoms with Crippen molar-refractivity contribution in [1.82, 2.24) is 25.4 Å². The Hall–Kier alpha value is -3.27. The van der Waals surface area contributed by atoms with Crippen molar-refractivity contribution in [3.63, 3.8) is 0 Å². The average molecular weight is 485 g/mol. The molecule has 0 unspecified atom stereocenters. The van der Waals surface area contributed by atoms with Gasteiger partial charge in [0.1, 0.15) is 11.3 Å². The predicted octanol–water partition coefficient (Wildman–Crippen LogP) is 5.09. The number of likely N-dealkylation sites (N-methyl/N-ethyl adjacent to an activating group) is 1. The minimum Gasteiger partial charge on any atom is -0.361 e. The number of fused-ring (bicyclic) bond motifs is 1. The summed E-state index contributed by atoms with van der Waals surface area (Å²) >= 11 is 0. The molecule has 5 rings (SSSR count). The maximum atomic E-state index is 13.9. The summed E-state index contributed by atoms with van der Waals surface area (Å²) in [4.78, 5) is 13.1. The van der Waals surface area contributed by atoms with E-state index in [2.05, 4.69) is 25.8 Å². The van der Waals surface area contributed by atoms with Crippen molar-refractivity contribution >= 4 is 11.5 Å². The number of alkyl halides is 3. The van der Waals surface area contributed by atoms with Gasteiger partial charge in [-0.05, 0) is 45.7 Å². The molecule has 3 aromatic heterocycles. The van der Waals surface area contributed by atoms with Crippen LogP contribution in [-0.4, -0.2) is 38.7 Å². The number of allylic oxidation sites excluding steroid dienone is 1. The number of hydrogen-bond acceptors (Lipinski definition) is 7. The van der Waals surface area contributed by atoms with Crippen molar-refractivity contribution in [2.24, 2.45) is 0 Å². The number of anilines is 1. The molecule has 2 aliphatic carbocycles. The molecule has 0 saturated heterocycles. The van der Waals surface area contributed by atoms with Gasteiger partial charge in [-0.15, -0.1) is 0 Å². The van der Waals surface area contributed by atoms with Crippen molar-refractivity contribution < 1.29 is 17.7 Å². The Morgan fingerprint density at radius 3 is 2.63 bits per heavy atom. The summed E-state index contributed by atoms with van der Waals surface area (Å²) < 4.78 is 47.1. The molecule has 0 amide bonds. The summed E-state index contributed by atoms with van der Waals surface area (Å²) in [7, 11) is 0. The minimum atomic E-state index is -4.58. The molecule has 0 aliphatic heterocycles. The topological polar surface area (TPSA) is 88.8 Å². The van der Waals surface area contributed by atoms with E-state index in [0.717, 1.165) is 43.3 Å². The van der Waals surface area contributed by atoms with Crippen molar-refractivity contribution in [3.05, 3.63) is 58.4 Å². The zero-order valence-electron chi connectivity index (χ0n) is 19.8. The van der Waals surface area contributed by atoms with Gasteiger partial charge in [-0.2, -0.15) is 13.2 Å². The molecule has 3 aromatic rings. The molecular formula is C25H27F3N6O. The Morgan fingerprint density at radius 1 is 1.11 bits per heavy atom. The summed E-state index contributed by atoms with van der Waals surface area (Å²) in [5.74, 6) is 0.854. The van der Waals surface area contributed by atoms with Crippen LogP contribution in [0, 0.1) is 13.8 Å². The smallest absolute Gasteiger partial charge is 0.361 e. The number of halogens is 3. The molecule has 1 fully saturated rings. The Morgan fingerprint density at radius 2 is 1.91 bits per heavy atom. The predicted molar refractivity (Wildman–Crippen MR) is 126 cm³/mol. The number of aryl methyl sites for hydroxylation is 2. The molecule has 0 aromatic carbocycles. The molecule has 3 heterocycles. The van der Waals surface area contributed by atoms with Crippen LogP contribution in [0.25, 0.3) is 16.8 Å². The van der Waals surface area contributed by atoms with Crippen LogP contribution in [0.2, 0.25) is 0 Å². The molecule has 35 heavy (non-hydrogen) atoms. The molecule has 2 aliphatic rings. The monoisotopic (exact) mass is 484 g/mol. The second-order valence-electron chi connectivity index (χ2n) is 9.01. The maximum absolute atomic E-state index is 13.9.